The summed E-state index contributed by atoms with van der Waals surface area (Å²) in [5, 5.41) is -0.121. The predicted molar refractivity (Wildman–Crippen MR) is 56.3 cm³/mol. The smallest absolute Gasteiger partial charge is 0.229 e. The van der Waals surface area contributed by atoms with Gasteiger partial charge in [0, 0.05) is 19.2 Å². The van der Waals surface area contributed by atoms with E-state index in [0.29, 0.717) is 23.3 Å². The number of carbonyl (C=O) groups excluding carboxylic acids is 1. The molecule has 74 valence electrons. The molecule has 4 nitrogen and oxygen atoms in total. The second kappa shape index (κ2) is 3.82. The molecule has 14 heavy (non-hydrogen) atoms. The molecule has 0 aliphatic carbocycles. The molecular formula is C8H7BrClN3O. The van der Waals surface area contributed by atoms with Crippen molar-refractivity contribution in [3.05, 3.63) is 17.0 Å². The van der Waals surface area contributed by atoms with Crippen LogP contribution < -0.4 is 4.90 Å². The lowest BCUT2D eigenvalue weighted by Gasteiger charge is -2.15. The summed E-state index contributed by atoms with van der Waals surface area (Å²) < 4.78 is 0.708. The molecule has 0 spiro atoms. The fourth-order valence-corrected chi connectivity index (χ4v) is 2.08. The Hall–Kier alpha value is -0.680. The van der Waals surface area contributed by atoms with Crippen molar-refractivity contribution in [2.45, 2.75) is 11.8 Å². The van der Waals surface area contributed by atoms with Crippen LogP contribution in [0.1, 0.15) is 6.42 Å². The first-order valence-corrected chi connectivity index (χ1v) is 5.31. The van der Waals surface area contributed by atoms with Crippen molar-refractivity contribution in [2.75, 3.05) is 11.4 Å². The van der Waals surface area contributed by atoms with Gasteiger partial charge in [0.25, 0.3) is 0 Å². The van der Waals surface area contributed by atoms with Crippen LogP contribution in [0.5, 0.6) is 0 Å². The third-order valence-corrected chi connectivity index (χ3v) is 2.83. The summed E-state index contributed by atoms with van der Waals surface area (Å²) in [6, 6.07) is 0. The lowest BCUT2D eigenvalue weighted by Crippen LogP contribution is -2.26. The number of rotatable bonds is 1. The van der Waals surface area contributed by atoms with Crippen molar-refractivity contribution in [1.29, 1.82) is 0 Å². The highest BCUT2D eigenvalue weighted by Crippen LogP contribution is 2.27. The summed E-state index contributed by atoms with van der Waals surface area (Å²) in [6.07, 6.45) is 3.39. The van der Waals surface area contributed by atoms with Gasteiger partial charge in [0.2, 0.25) is 5.91 Å². The molecule has 1 aromatic heterocycles. The molecule has 1 amide bonds. The standard InChI is InChI=1S/C8H7BrClN3O/c9-6-2-11-4-12-8(6)13-3-5(10)1-7(13)14/h2,4-5H,1,3H2. The van der Waals surface area contributed by atoms with Crippen LogP contribution in [0.4, 0.5) is 5.82 Å². The van der Waals surface area contributed by atoms with Crippen molar-refractivity contribution in [2.24, 2.45) is 0 Å². The predicted octanol–water partition coefficient (Wildman–Crippen LogP) is 1.58. The van der Waals surface area contributed by atoms with Gasteiger partial charge in [-0.25, -0.2) is 9.97 Å². The van der Waals surface area contributed by atoms with Crippen LogP contribution in [0.15, 0.2) is 17.0 Å². The molecule has 2 heterocycles. The Morgan fingerprint density at radius 2 is 2.43 bits per heavy atom. The molecule has 0 saturated carbocycles. The van der Waals surface area contributed by atoms with E-state index in [4.69, 9.17) is 11.6 Å². The van der Waals surface area contributed by atoms with Gasteiger partial charge in [-0.2, -0.15) is 0 Å². The molecule has 1 fully saturated rings. The second-order valence-corrected chi connectivity index (χ2v) is 4.47. The largest absolute Gasteiger partial charge is 0.294 e. The highest BCUT2D eigenvalue weighted by molar-refractivity contribution is 9.10. The third-order valence-electron chi connectivity index (χ3n) is 1.98. The Morgan fingerprint density at radius 1 is 1.64 bits per heavy atom. The van der Waals surface area contributed by atoms with Crippen LogP contribution in [0.3, 0.4) is 0 Å². The number of carbonyl (C=O) groups is 1. The zero-order valence-corrected chi connectivity index (χ0v) is 9.49. The average molecular weight is 277 g/mol. The van der Waals surface area contributed by atoms with E-state index in [0.717, 1.165) is 0 Å². The Labute approximate surface area is 94.4 Å². The van der Waals surface area contributed by atoms with Gasteiger partial charge in [-0.15, -0.1) is 11.6 Å². The first-order chi connectivity index (χ1) is 6.68. The van der Waals surface area contributed by atoms with Gasteiger partial charge in [0.15, 0.2) is 5.82 Å². The molecule has 1 unspecified atom stereocenters. The molecular weight excluding hydrogens is 269 g/mol. The number of alkyl halides is 1. The molecule has 1 aliphatic rings. The normalized spacial score (nSPS) is 21.7. The Kier molecular flexibility index (Phi) is 2.69. The topological polar surface area (TPSA) is 46.1 Å². The molecule has 1 atom stereocenters. The third kappa shape index (κ3) is 1.74. The maximum absolute atomic E-state index is 11.5. The van der Waals surface area contributed by atoms with Crippen LogP contribution in [0.2, 0.25) is 0 Å². The molecule has 0 N–H and O–H groups in total. The number of hydrogen-bond donors (Lipinski definition) is 0. The van der Waals surface area contributed by atoms with Crippen LogP contribution >= 0.6 is 27.5 Å². The van der Waals surface area contributed by atoms with Gasteiger partial charge in [-0.05, 0) is 15.9 Å². The van der Waals surface area contributed by atoms with Crippen molar-refractivity contribution in [1.82, 2.24) is 9.97 Å². The van der Waals surface area contributed by atoms with E-state index in [9.17, 15) is 4.79 Å². The van der Waals surface area contributed by atoms with Gasteiger partial charge < -0.3 is 0 Å². The van der Waals surface area contributed by atoms with Crippen LogP contribution in [0, 0.1) is 0 Å². The summed E-state index contributed by atoms with van der Waals surface area (Å²) in [6.45, 7) is 0.510. The van der Waals surface area contributed by atoms with E-state index in [1.165, 1.54) is 6.33 Å². The number of halogens is 2. The number of hydrogen-bond acceptors (Lipinski definition) is 3. The Balaban J connectivity index is 2.32. The van der Waals surface area contributed by atoms with Gasteiger partial charge in [-0.3, -0.25) is 9.69 Å². The van der Waals surface area contributed by atoms with Crippen LogP contribution in [-0.4, -0.2) is 27.8 Å². The van der Waals surface area contributed by atoms with E-state index in [2.05, 4.69) is 25.9 Å². The van der Waals surface area contributed by atoms with E-state index in [1.54, 1.807) is 11.1 Å². The second-order valence-electron chi connectivity index (χ2n) is 3.00. The minimum Gasteiger partial charge on any atom is -0.294 e. The van der Waals surface area contributed by atoms with E-state index >= 15 is 0 Å². The van der Waals surface area contributed by atoms with Crippen molar-refractivity contribution < 1.29 is 4.79 Å². The Morgan fingerprint density at radius 3 is 3.00 bits per heavy atom. The highest BCUT2D eigenvalue weighted by Gasteiger charge is 2.30. The number of aromatic nitrogens is 2. The van der Waals surface area contributed by atoms with E-state index in [-0.39, 0.29) is 11.3 Å². The van der Waals surface area contributed by atoms with Gasteiger partial charge in [-0.1, -0.05) is 0 Å². The zero-order chi connectivity index (χ0) is 10.1. The minimum absolute atomic E-state index is 0.00407. The quantitative estimate of drug-likeness (QED) is 0.732. The monoisotopic (exact) mass is 275 g/mol. The van der Waals surface area contributed by atoms with Crippen molar-refractivity contribution in [3.8, 4) is 0 Å². The molecule has 0 bridgehead atoms. The minimum atomic E-state index is -0.121. The SMILES string of the molecule is O=C1CC(Cl)CN1c1ncncc1Br. The first kappa shape index (κ1) is 9.86. The fraction of sp³-hybridized carbons (Fsp3) is 0.375. The number of anilines is 1. The first-order valence-electron chi connectivity index (χ1n) is 4.08. The molecule has 1 saturated heterocycles. The summed E-state index contributed by atoms with van der Waals surface area (Å²) in [5.74, 6) is 0.595. The molecule has 1 aromatic rings. The number of nitrogens with zero attached hydrogens (tertiary/aromatic N) is 3. The van der Waals surface area contributed by atoms with Crippen molar-refractivity contribution in [3.63, 3.8) is 0 Å². The van der Waals surface area contributed by atoms with E-state index < -0.39 is 0 Å². The van der Waals surface area contributed by atoms with Crippen molar-refractivity contribution >= 4 is 39.3 Å². The molecule has 6 heteroatoms. The highest BCUT2D eigenvalue weighted by atomic mass is 79.9. The summed E-state index contributed by atoms with van der Waals surface area (Å²) in [4.78, 5) is 20.9. The maximum atomic E-state index is 11.5. The van der Waals surface area contributed by atoms with Gasteiger partial charge in [0.05, 0.1) is 9.85 Å². The molecule has 1 aliphatic heterocycles. The summed E-state index contributed by atoms with van der Waals surface area (Å²) in [7, 11) is 0. The molecule has 0 radical (unpaired) electrons. The maximum Gasteiger partial charge on any atom is 0.229 e. The lowest BCUT2D eigenvalue weighted by molar-refractivity contribution is -0.117. The summed E-state index contributed by atoms with van der Waals surface area (Å²) in [5.41, 5.74) is 0. The van der Waals surface area contributed by atoms with E-state index in [1.807, 2.05) is 0 Å². The summed E-state index contributed by atoms with van der Waals surface area (Å²) >= 11 is 9.17. The van der Waals surface area contributed by atoms with Gasteiger partial charge >= 0.3 is 0 Å². The average Bonchev–Trinajstić information content (AvgIpc) is 2.46. The Bertz CT molecular complexity index is 373. The molecule has 2 rings (SSSR count). The zero-order valence-electron chi connectivity index (χ0n) is 7.15. The van der Waals surface area contributed by atoms with Gasteiger partial charge in [0.1, 0.15) is 6.33 Å². The van der Waals surface area contributed by atoms with Crippen LogP contribution in [0.25, 0.3) is 0 Å². The van der Waals surface area contributed by atoms with Crippen LogP contribution in [-0.2, 0) is 4.79 Å². The lowest BCUT2D eigenvalue weighted by atomic mass is 10.4. The molecule has 0 aromatic carbocycles. The number of amides is 1. The fourth-order valence-electron chi connectivity index (χ4n) is 1.37.